The summed E-state index contributed by atoms with van der Waals surface area (Å²) in [5.41, 5.74) is 0.0741. The van der Waals surface area contributed by atoms with Crippen molar-refractivity contribution in [1.29, 1.82) is 0 Å². The van der Waals surface area contributed by atoms with E-state index in [0.29, 0.717) is 24.4 Å². The molecule has 0 radical (unpaired) electrons. The van der Waals surface area contributed by atoms with Crippen molar-refractivity contribution in [2.45, 2.75) is 19.9 Å². The molecule has 0 bridgehead atoms. The van der Waals surface area contributed by atoms with Gasteiger partial charge in [-0.05, 0) is 13.0 Å². The number of nitrogens with one attached hydrogen (secondary N) is 1. The second-order valence-electron chi connectivity index (χ2n) is 4.03. The van der Waals surface area contributed by atoms with E-state index in [9.17, 15) is 13.2 Å². The van der Waals surface area contributed by atoms with E-state index in [0.717, 1.165) is 17.6 Å². The van der Waals surface area contributed by atoms with Gasteiger partial charge in [0, 0.05) is 18.7 Å². The standard InChI is InChI=1S/C12H13F3N4/c1-2-3-16-6-9-7-17-18-19(9)12-10(14)4-8(13)5-11(12)15/h4-5,7,16H,2-3,6H2,1H3. The predicted octanol–water partition coefficient (Wildman–Crippen LogP) is 2.18. The van der Waals surface area contributed by atoms with Gasteiger partial charge in [-0.2, -0.15) is 0 Å². The summed E-state index contributed by atoms with van der Waals surface area (Å²) < 4.78 is 41.2. The van der Waals surface area contributed by atoms with E-state index < -0.39 is 23.1 Å². The van der Waals surface area contributed by atoms with Crippen LogP contribution in [-0.4, -0.2) is 21.5 Å². The van der Waals surface area contributed by atoms with Crippen LogP contribution in [0.4, 0.5) is 13.2 Å². The zero-order valence-corrected chi connectivity index (χ0v) is 10.3. The van der Waals surface area contributed by atoms with E-state index in [1.54, 1.807) is 0 Å². The van der Waals surface area contributed by atoms with Crippen molar-refractivity contribution >= 4 is 0 Å². The van der Waals surface area contributed by atoms with Crippen LogP contribution < -0.4 is 5.32 Å². The second-order valence-corrected chi connectivity index (χ2v) is 4.03. The Labute approximate surface area is 108 Å². The Bertz CT molecular complexity index is 545. The Morgan fingerprint density at radius 1 is 1.21 bits per heavy atom. The smallest absolute Gasteiger partial charge is 0.154 e. The molecule has 0 fully saturated rings. The van der Waals surface area contributed by atoms with Crippen LogP contribution in [0.2, 0.25) is 0 Å². The minimum absolute atomic E-state index is 0.372. The van der Waals surface area contributed by atoms with Gasteiger partial charge in [0.25, 0.3) is 0 Å². The third-order valence-electron chi connectivity index (χ3n) is 2.55. The second kappa shape index (κ2) is 5.83. The van der Waals surface area contributed by atoms with Crippen molar-refractivity contribution in [3.05, 3.63) is 41.5 Å². The van der Waals surface area contributed by atoms with Gasteiger partial charge in [-0.1, -0.05) is 12.1 Å². The fourth-order valence-corrected chi connectivity index (χ4v) is 1.70. The van der Waals surface area contributed by atoms with Crippen molar-refractivity contribution < 1.29 is 13.2 Å². The molecule has 0 unspecified atom stereocenters. The van der Waals surface area contributed by atoms with Crippen LogP contribution in [0, 0.1) is 17.5 Å². The Morgan fingerprint density at radius 2 is 1.89 bits per heavy atom. The number of hydrogen-bond acceptors (Lipinski definition) is 3. The lowest BCUT2D eigenvalue weighted by atomic mass is 10.2. The number of benzene rings is 1. The molecule has 0 saturated heterocycles. The van der Waals surface area contributed by atoms with E-state index in [2.05, 4.69) is 15.6 Å². The Balaban J connectivity index is 2.35. The highest BCUT2D eigenvalue weighted by molar-refractivity contribution is 5.36. The van der Waals surface area contributed by atoms with Crippen LogP contribution in [0.25, 0.3) is 5.69 Å². The Kier molecular flexibility index (Phi) is 4.16. The van der Waals surface area contributed by atoms with Gasteiger partial charge in [-0.3, -0.25) is 0 Å². The molecular formula is C12H13F3N4. The first-order valence-corrected chi connectivity index (χ1v) is 5.88. The molecule has 4 nitrogen and oxygen atoms in total. The summed E-state index contributed by atoms with van der Waals surface area (Å²) in [6, 6.07) is 1.23. The maximum Gasteiger partial charge on any atom is 0.154 e. The zero-order valence-electron chi connectivity index (χ0n) is 10.3. The Hall–Kier alpha value is -1.89. The molecule has 0 amide bonds. The number of hydrogen-bond donors (Lipinski definition) is 1. The maximum atomic E-state index is 13.7. The third kappa shape index (κ3) is 2.93. The molecule has 0 aliphatic carbocycles. The largest absolute Gasteiger partial charge is 0.311 e. The lowest BCUT2D eigenvalue weighted by Crippen LogP contribution is -2.17. The maximum absolute atomic E-state index is 13.7. The topological polar surface area (TPSA) is 42.7 Å². The first kappa shape index (κ1) is 13.5. The first-order valence-electron chi connectivity index (χ1n) is 5.88. The molecular weight excluding hydrogens is 257 g/mol. The minimum Gasteiger partial charge on any atom is -0.311 e. The fraction of sp³-hybridized carbons (Fsp3) is 0.333. The SMILES string of the molecule is CCCNCc1cnnn1-c1c(F)cc(F)cc1F. The first-order chi connectivity index (χ1) is 9.13. The third-order valence-corrected chi connectivity index (χ3v) is 2.55. The van der Waals surface area contributed by atoms with Crippen LogP contribution in [0.3, 0.4) is 0 Å². The van der Waals surface area contributed by atoms with Gasteiger partial charge in [0.1, 0.15) is 11.5 Å². The number of aromatic nitrogens is 3. The molecule has 1 N–H and O–H groups in total. The van der Waals surface area contributed by atoms with Crippen molar-refractivity contribution in [2.24, 2.45) is 0 Å². The van der Waals surface area contributed by atoms with E-state index >= 15 is 0 Å². The van der Waals surface area contributed by atoms with E-state index in [1.807, 2.05) is 6.92 Å². The van der Waals surface area contributed by atoms with Gasteiger partial charge < -0.3 is 5.32 Å². The lowest BCUT2D eigenvalue weighted by molar-refractivity contribution is 0.520. The van der Waals surface area contributed by atoms with Gasteiger partial charge in [0.2, 0.25) is 0 Å². The number of halogens is 3. The summed E-state index contributed by atoms with van der Waals surface area (Å²) in [6.45, 7) is 3.14. The quantitative estimate of drug-likeness (QED) is 0.847. The van der Waals surface area contributed by atoms with Crippen LogP contribution in [0.15, 0.2) is 18.3 Å². The Morgan fingerprint density at radius 3 is 2.53 bits per heavy atom. The minimum atomic E-state index is -1.01. The summed E-state index contributed by atoms with van der Waals surface area (Å²) in [4.78, 5) is 0. The molecule has 19 heavy (non-hydrogen) atoms. The van der Waals surface area contributed by atoms with Crippen molar-refractivity contribution in [3.63, 3.8) is 0 Å². The summed E-state index contributed by atoms with van der Waals surface area (Å²) in [6.07, 6.45) is 2.34. The van der Waals surface area contributed by atoms with E-state index in [1.165, 1.54) is 6.20 Å². The molecule has 1 heterocycles. The molecule has 2 rings (SSSR count). The average Bonchev–Trinajstić information content (AvgIpc) is 2.76. The molecule has 102 valence electrons. The fourth-order valence-electron chi connectivity index (χ4n) is 1.70. The molecule has 0 atom stereocenters. The molecule has 2 aromatic rings. The number of rotatable bonds is 5. The summed E-state index contributed by atoms with van der Waals surface area (Å²) in [5.74, 6) is -3.00. The van der Waals surface area contributed by atoms with Crippen LogP contribution in [0.5, 0.6) is 0 Å². The molecule has 1 aromatic carbocycles. The molecule has 0 spiro atoms. The van der Waals surface area contributed by atoms with Crippen molar-refractivity contribution in [1.82, 2.24) is 20.3 Å². The van der Waals surface area contributed by atoms with Crippen molar-refractivity contribution in [2.75, 3.05) is 6.54 Å². The van der Waals surface area contributed by atoms with Crippen LogP contribution in [0.1, 0.15) is 19.0 Å². The van der Waals surface area contributed by atoms with Gasteiger partial charge in [0.05, 0.1) is 11.9 Å². The zero-order chi connectivity index (χ0) is 13.8. The summed E-state index contributed by atoms with van der Waals surface area (Å²) in [7, 11) is 0. The molecule has 0 saturated carbocycles. The van der Waals surface area contributed by atoms with Gasteiger partial charge in [-0.25, -0.2) is 17.9 Å². The van der Waals surface area contributed by atoms with Crippen molar-refractivity contribution in [3.8, 4) is 5.69 Å². The van der Waals surface area contributed by atoms with Gasteiger partial charge >= 0.3 is 0 Å². The molecule has 0 aliphatic heterocycles. The van der Waals surface area contributed by atoms with Gasteiger partial charge in [0.15, 0.2) is 11.6 Å². The lowest BCUT2D eigenvalue weighted by Gasteiger charge is -2.09. The van der Waals surface area contributed by atoms with Gasteiger partial charge in [-0.15, -0.1) is 5.10 Å². The number of nitrogens with zero attached hydrogens (tertiary/aromatic N) is 3. The monoisotopic (exact) mass is 270 g/mol. The van der Waals surface area contributed by atoms with Crippen LogP contribution in [-0.2, 0) is 6.54 Å². The highest BCUT2D eigenvalue weighted by atomic mass is 19.1. The predicted molar refractivity (Wildman–Crippen MR) is 63.2 cm³/mol. The normalized spacial score (nSPS) is 10.9. The van der Waals surface area contributed by atoms with Crippen LogP contribution >= 0.6 is 0 Å². The van der Waals surface area contributed by atoms with E-state index in [4.69, 9.17) is 0 Å². The highest BCUT2D eigenvalue weighted by Gasteiger charge is 2.17. The summed E-state index contributed by atoms with van der Waals surface area (Å²) >= 11 is 0. The van der Waals surface area contributed by atoms with E-state index in [-0.39, 0.29) is 0 Å². The summed E-state index contributed by atoms with van der Waals surface area (Å²) in [5, 5.41) is 10.3. The molecule has 7 heteroatoms. The average molecular weight is 270 g/mol. The molecule has 1 aromatic heterocycles. The highest BCUT2D eigenvalue weighted by Crippen LogP contribution is 2.19. The molecule has 0 aliphatic rings.